The average Bonchev–Trinajstić information content (AvgIpc) is 3.19. The first-order valence-electron chi connectivity index (χ1n) is 8.29. The van der Waals surface area contributed by atoms with Crippen LogP contribution in [0.2, 0.25) is 0 Å². The van der Waals surface area contributed by atoms with Crippen molar-refractivity contribution >= 4 is 34.7 Å². The summed E-state index contributed by atoms with van der Waals surface area (Å²) in [5, 5.41) is 7.41. The number of nitrogen functional groups attached to an aromatic ring is 1. The van der Waals surface area contributed by atoms with Gasteiger partial charge in [-0.2, -0.15) is 0 Å². The molecule has 0 fully saturated rings. The van der Waals surface area contributed by atoms with E-state index in [9.17, 15) is 9.59 Å². The predicted molar refractivity (Wildman–Crippen MR) is 107 cm³/mol. The molecule has 0 saturated heterocycles. The molecule has 0 atom stereocenters. The maximum atomic E-state index is 12.3. The zero-order valence-corrected chi connectivity index (χ0v) is 15.3. The third-order valence-electron chi connectivity index (χ3n) is 3.72. The second-order valence-electron chi connectivity index (χ2n) is 5.79. The van der Waals surface area contributed by atoms with E-state index in [1.165, 1.54) is 11.3 Å². The fraction of sp³-hybridized carbons (Fsp3) is 0.100. The molecule has 0 unspecified atom stereocenters. The molecule has 2 aromatic carbocycles. The van der Waals surface area contributed by atoms with Gasteiger partial charge in [0, 0.05) is 28.4 Å². The molecule has 0 radical (unpaired) electrons. The van der Waals surface area contributed by atoms with Gasteiger partial charge in [-0.25, -0.2) is 4.79 Å². The molecule has 7 heteroatoms. The molecule has 0 spiro atoms. The first-order chi connectivity index (χ1) is 13.1. The summed E-state index contributed by atoms with van der Waals surface area (Å²) in [4.78, 5) is 25.0. The van der Waals surface area contributed by atoms with Gasteiger partial charge in [0.2, 0.25) is 0 Å². The summed E-state index contributed by atoms with van der Waals surface area (Å²) in [6, 6.07) is 17.8. The fourth-order valence-electron chi connectivity index (χ4n) is 2.35. The number of hydrogen-bond donors (Lipinski definition) is 3. The summed E-state index contributed by atoms with van der Waals surface area (Å²) in [5.74, 6) is -0.226. The lowest BCUT2D eigenvalue weighted by Crippen LogP contribution is -2.23. The molecular weight excluding hydrogens is 362 g/mol. The standard InChI is InChI=1S/C20H19N3O3S/c21-16-3-1-4-17(11-16)23-19(24)15-8-6-14(7-9-15)12-22-20(25)26-13-18-5-2-10-27-18/h1-11H,12-13,21H2,(H,22,25)(H,23,24). The molecule has 0 bridgehead atoms. The van der Waals surface area contributed by atoms with Gasteiger partial charge in [-0.3, -0.25) is 4.79 Å². The number of nitrogens with two attached hydrogens (primary N) is 1. The molecular formula is C20H19N3O3S. The molecule has 1 aromatic heterocycles. The van der Waals surface area contributed by atoms with Crippen LogP contribution in [0.3, 0.4) is 0 Å². The molecule has 138 valence electrons. The lowest BCUT2D eigenvalue weighted by Gasteiger charge is -2.08. The topological polar surface area (TPSA) is 93.5 Å². The van der Waals surface area contributed by atoms with Gasteiger partial charge in [0.1, 0.15) is 6.61 Å². The number of carbonyl (C=O) groups is 2. The Labute approximate surface area is 161 Å². The van der Waals surface area contributed by atoms with E-state index in [1.54, 1.807) is 48.5 Å². The maximum Gasteiger partial charge on any atom is 0.407 e. The molecule has 6 nitrogen and oxygen atoms in total. The lowest BCUT2D eigenvalue weighted by atomic mass is 10.1. The summed E-state index contributed by atoms with van der Waals surface area (Å²) < 4.78 is 5.13. The van der Waals surface area contributed by atoms with Gasteiger partial charge in [0.05, 0.1) is 0 Å². The highest BCUT2D eigenvalue weighted by atomic mass is 32.1. The average molecular weight is 381 g/mol. The van der Waals surface area contributed by atoms with E-state index >= 15 is 0 Å². The fourth-order valence-corrected chi connectivity index (χ4v) is 2.97. The van der Waals surface area contributed by atoms with Crippen molar-refractivity contribution in [2.24, 2.45) is 0 Å². The van der Waals surface area contributed by atoms with Crippen LogP contribution in [-0.4, -0.2) is 12.0 Å². The lowest BCUT2D eigenvalue weighted by molar-refractivity contribution is 0.102. The number of alkyl carbamates (subject to hydrolysis) is 1. The molecule has 1 heterocycles. The molecule has 0 aliphatic rings. The minimum absolute atomic E-state index is 0.226. The summed E-state index contributed by atoms with van der Waals surface area (Å²) in [7, 11) is 0. The summed E-state index contributed by atoms with van der Waals surface area (Å²) in [5.41, 5.74) is 8.31. The molecule has 0 aliphatic heterocycles. The van der Waals surface area contributed by atoms with Crippen LogP contribution in [0.5, 0.6) is 0 Å². The van der Waals surface area contributed by atoms with E-state index in [0.717, 1.165) is 10.4 Å². The minimum atomic E-state index is -0.480. The van der Waals surface area contributed by atoms with Gasteiger partial charge in [-0.05, 0) is 47.3 Å². The zero-order valence-electron chi connectivity index (χ0n) is 14.5. The number of hydrogen-bond acceptors (Lipinski definition) is 5. The quantitative estimate of drug-likeness (QED) is 0.563. The SMILES string of the molecule is Nc1cccc(NC(=O)c2ccc(CNC(=O)OCc3cccs3)cc2)c1. The normalized spacial score (nSPS) is 10.2. The third kappa shape index (κ3) is 5.58. The Morgan fingerprint density at radius 1 is 1.04 bits per heavy atom. The van der Waals surface area contributed by atoms with Crippen molar-refractivity contribution in [2.75, 3.05) is 11.1 Å². The Morgan fingerprint density at radius 2 is 1.85 bits per heavy atom. The van der Waals surface area contributed by atoms with Crippen molar-refractivity contribution in [3.05, 3.63) is 82.0 Å². The molecule has 27 heavy (non-hydrogen) atoms. The molecule has 0 saturated carbocycles. The van der Waals surface area contributed by atoms with Crippen molar-refractivity contribution in [1.82, 2.24) is 5.32 Å². The molecule has 3 rings (SSSR count). The number of carbonyl (C=O) groups excluding carboxylic acids is 2. The van der Waals surface area contributed by atoms with Crippen LogP contribution in [0, 0.1) is 0 Å². The molecule has 0 aliphatic carbocycles. The van der Waals surface area contributed by atoms with Crippen molar-refractivity contribution in [3.8, 4) is 0 Å². The Bertz CT molecular complexity index is 908. The zero-order chi connectivity index (χ0) is 19.1. The number of thiophene rings is 1. The first kappa shape index (κ1) is 18.5. The number of nitrogens with one attached hydrogen (secondary N) is 2. The van der Waals surface area contributed by atoms with Crippen LogP contribution in [0.1, 0.15) is 20.8 Å². The number of ether oxygens (including phenoxy) is 1. The van der Waals surface area contributed by atoms with Crippen LogP contribution in [0.15, 0.2) is 66.0 Å². The predicted octanol–water partition coefficient (Wildman–Crippen LogP) is 4.01. The van der Waals surface area contributed by atoms with Crippen LogP contribution in [0.25, 0.3) is 0 Å². The maximum absolute atomic E-state index is 12.3. The van der Waals surface area contributed by atoms with Crippen molar-refractivity contribution in [1.29, 1.82) is 0 Å². The summed E-state index contributed by atoms with van der Waals surface area (Å²) in [6.45, 7) is 0.576. The van der Waals surface area contributed by atoms with Crippen molar-refractivity contribution in [2.45, 2.75) is 13.2 Å². The van der Waals surface area contributed by atoms with Crippen molar-refractivity contribution < 1.29 is 14.3 Å². The van der Waals surface area contributed by atoms with Crippen LogP contribution < -0.4 is 16.4 Å². The molecule has 2 amide bonds. The second-order valence-corrected chi connectivity index (χ2v) is 6.82. The van der Waals surface area contributed by atoms with E-state index in [-0.39, 0.29) is 12.5 Å². The highest BCUT2D eigenvalue weighted by Gasteiger charge is 2.07. The van der Waals surface area contributed by atoms with Gasteiger partial charge in [-0.15, -0.1) is 11.3 Å². The van der Waals surface area contributed by atoms with Crippen molar-refractivity contribution in [3.63, 3.8) is 0 Å². The number of rotatable bonds is 6. The van der Waals surface area contributed by atoms with E-state index in [1.807, 2.05) is 17.5 Å². The monoisotopic (exact) mass is 381 g/mol. The summed E-state index contributed by atoms with van der Waals surface area (Å²) >= 11 is 1.54. The Balaban J connectivity index is 1.48. The highest BCUT2D eigenvalue weighted by molar-refractivity contribution is 7.09. The van der Waals surface area contributed by atoms with Gasteiger partial charge in [0.25, 0.3) is 5.91 Å². The van der Waals surface area contributed by atoms with Gasteiger partial charge in [0.15, 0.2) is 0 Å². The molecule has 3 aromatic rings. The first-order valence-corrected chi connectivity index (χ1v) is 9.17. The van der Waals surface area contributed by atoms with Gasteiger partial charge < -0.3 is 21.1 Å². The largest absolute Gasteiger partial charge is 0.444 e. The highest BCUT2D eigenvalue weighted by Crippen LogP contribution is 2.14. The van der Waals surface area contributed by atoms with Gasteiger partial charge >= 0.3 is 6.09 Å². The van der Waals surface area contributed by atoms with E-state index in [2.05, 4.69) is 10.6 Å². The van der Waals surface area contributed by atoms with E-state index < -0.39 is 6.09 Å². The number of amides is 2. The third-order valence-corrected chi connectivity index (χ3v) is 4.57. The minimum Gasteiger partial charge on any atom is -0.444 e. The van der Waals surface area contributed by atoms with Crippen LogP contribution >= 0.6 is 11.3 Å². The van der Waals surface area contributed by atoms with Crippen LogP contribution in [0.4, 0.5) is 16.2 Å². The summed E-state index contributed by atoms with van der Waals surface area (Å²) in [6.07, 6.45) is -0.480. The Kier molecular flexibility index (Phi) is 6.06. The van der Waals surface area contributed by atoms with E-state index in [0.29, 0.717) is 23.5 Å². The number of anilines is 2. The molecule has 4 N–H and O–H groups in total. The second kappa shape index (κ2) is 8.86. The van der Waals surface area contributed by atoms with Crippen LogP contribution in [-0.2, 0) is 17.9 Å². The van der Waals surface area contributed by atoms with Gasteiger partial charge in [-0.1, -0.05) is 24.3 Å². The number of benzene rings is 2. The van der Waals surface area contributed by atoms with E-state index in [4.69, 9.17) is 10.5 Å². The smallest absolute Gasteiger partial charge is 0.407 e. The Hall–Kier alpha value is -3.32. The Morgan fingerprint density at radius 3 is 2.56 bits per heavy atom.